The van der Waals surface area contributed by atoms with Gasteiger partial charge in [0.25, 0.3) is 0 Å². The first kappa shape index (κ1) is 16.1. The summed E-state index contributed by atoms with van der Waals surface area (Å²) in [6.07, 6.45) is 0. The van der Waals surface area contributed by atoms with Crippen LogP contribution in [0.5, 0.6) is 11.5 Å². The highest BCUT2D eigenvalue weighted by Gasteiger charge is 2.16. The third kappa shape index (κ3) is 4.88. The van der Waals surface area contributed by atoms with E-state index >= 15 is 0 Å². The highest BCUT2D eigenvalue weighted by atomic mass is 16.5. The van der Waals surface area contributed by atoms with Crippen molar-refractivity contribution in [3.8, 4) is 11.5 Å². The van der Waals surface area contributed by atoms with Crippen LogP contribution in [0.25, 0.3) is 0 Å². The molecule has 5 heteroatoms. The standard InChI is InChI=1S/C16H26N2O3/c1-13-11-18(7-6-17-13)12-14-4-5-15(16(10-14)20-3)21-9-8-19-2/h4-5,10,13,17H,6-9,11-12H2,1-3H3/t13-/m1/s1. The number of nitrogens with one attached hydrogen (secondary N) is 1. The predicted octanol–water partition coefficient (Wildman–Crippen LogP) is 1.51. The molecule has 0 spiro atoms. The summed E-state index contributed by atoms with van der Waals surface area (Å²) in [5, 5.41) is 3.46. The van der Waals surface area contributed by atoms with E-state index in [0.717, 1.165) is 37.7 Å². The molecule has 1 fully saturated rings. The quantitative estimate of drug-likeness (QED) is 0.772. The van der Waals surface area contributed by atoms with Crippen LogP contribution in [0.4, 0.5) is 0 Å². The van der Waals surface area contributed by atoms with Crippen LogP contribution in [0, 0.1) is 0 Å². The minimum atomic E-state index is 0.529. The van der Waals surface area contributed by atoms with E-state index in [1.807, 2.05) is 6.07 Å². The second-order valence-corrected chi connectivity index (χ2v) is 5.42. The lowest BCUT2D eigenvalue weighted by molar-refractivity contribution is 0.144. The van der Waals surface area contributed by atoms with Crippen molar-refractivity contribution in [3.05, 3.63) is 23.8 Å². The molecule has 1 N–H and O–H groups in total. The molecule has 0 amide bonds. The summed E-state index contributed by atoms with van der Waals surface area (Å²) in [6.45, 7) is 7.48. The van der Waals surface area contributed by atoms with E-state index in [4.69, 9.17) is 14.2 Å². The lowest BCUT2D eigenvalue weighted by atomic mass is 10.1. The number of hydrogen-bond donors (Lipinski definition) is 1. The van der Waals surface area contributed by atoms with Gasteiger partial charge in [-0.2, -0.15) is 0 Å². The van der Waals surface area contributed by atoms with Crippen LogP contribution in [-0.2, 0) is 11.3 Å². The Morgan fingerprint density at radius 3 is 2.81 bits per heavy atom. The summed E-state index contributed by atoms with van der Waals surface area (Å²) >= 11 is 0. The lowest BCUT2D eigenvalue weighted by Crippen LogP contribution is -2.48. The highest BCUT2D eigenvalue weighted by molar-refractivity contribution is 5.43. The summed E-state index contributed by atoms with van der Waals surface area (Å²) in [5.74, 6) is 1.55. The van der Waals surface area contributed by atoms with Crippen molar-refractivity contribution in [1.29, 1.82) is 0 Å². The van der Waals surface area contributed by atoms with Crippen LogP contribution >= 0.6 is 0 Å². The molecular weight excluding hydrogens is 268 g/mol. The Kier molecular flexibility index (Phi) is 6.29. The molecule has 1 atom stereocenters. The Morgan fingerprint density at radius 1 is 1.24 bits per heavy atom. The van der Waals surface area contributed by atoms with Crippen molar-refractivity contribution in [1.82, 2.24) is 10.2 Å². The van der Waals surface area contributed by atoms with E-state index < -0.39 is 0 Å². The van der Waals surface area contributed by atoms with Gasteiger partial charge in [-0.25, -0.2) is 0 Å². The average molecular weight is 294 g/mol. The zero-order valence-corrected chi connectivity index (χ0v) is 13.2. The summed E-state index contributed by atoms with van der Waals surface area (Å²) in [4.78, 5) is 2.46. The molecular formula is C16H26N2O3. The zero-order valence-electron chi connectivity index (χ0n) is 13.2. The molecule has 0 saturated carbocycles. The van der Waals surface area contributed by atoms with Crippen molar-refractivity contribution in [3.63, 3.8) is 0 Å². The fourth-order valence-electron chi connectivity index (χ4n) is 2.58. The maximum Gasteiger partial charge on any atom is 0.161 e. The smallest absolute Gasteiger partial charge is 0.161 e. The van der Waals surface area contributed by atoms with Crippen LogP contribution in [0.3, 0.4) is 0 Å². The summed E-state index contributed by atoms with van der Waals surface area (Å²) in [6, 6.07) is 6.71. The second kappa shape index (κ2) is 8.22. The third-order valence-electron chi connectivity index (χ3n) is 3.63. The maximum atomic E-state index is 5.66. The molecule has 0 aliphatic carbocycles. The van der Waals surface area contributed by atoms with Crippen LogP contribution in [-0.4, -0.2) is 58.0 Å². The van der Waals surface area contributed by atoms with E-state index in [1.165, 1.54) is 5.56 Å². The van der Waals surface area contributed by atoms with Gasteiger partial charge in [-0.05, 0) is 24.6 Å². The molecule has 1 saturated heterocycles. The Morgan fingerprint density at radius 2 is 2.10 bits per heavy atom. The van der Waals surface area contributed by atoms with Gasteiger partial charge >= 0.3 is 0 Å². The molecule has 0 aromatic heterocycles. The summed E-state index contributed by atoms with van der Waals surface area (Å²) in [7, 11) is 3.34. The molecule has 118 valence electrons. The van der Waals surface area contributed by atoms with Gasteiger partial charge in [0.05, 0.1) is 13.7 Å². The molecule has 0 unspecified atom stereocenters. The minimum absolute atomic E-state index is 0.529. The first-order chi connectivity index (χ1) is 10.2. The number of methoxy groups -OCH3 is 2. The number of piperazine rings is 1. The van der Waals surface area contributed by atoms with E-state index in [2.05, 4.69) is 29.3 Å². The van der Waals surface area contributed by atoms with Crippen LogP contribution in [0.15, 0.2) is 18.2 Å². The molecule has 1 aliphatic heterocycles. The lowest BCUT2D eigenvalue weighted by Gasteiger charge is -2.31. The zero-order chi connectivity index (χ0) is 15.1. The Hall–Kier alpha value is -1.30. The van der Waals surface area contributed by atoms with E-state index in [-0.39, 0.29) is 0 Å². The van der Waals surface area contributed by atoms with E-state index in [0.29, 0.717) is 19.3 Å². The Labute approximate surface area is 127 Å². The van der Waals surface area contributed by atoms with Crippen LogP contribution in [0.2, 0.25) is 0 Å². The summed E-state index contributed by atoms with van der Waals surface area (Å²) in [5.41, 5.74) is 1.25. The molecule has 1 aliphatic rings. The first-order valence-electron chi connectivity index (χ1n) is 7.47. The van der Waals surface area contributed by atoms with Crippen molar-refractivity contribution < 1.29 is 14.2 Å². The Balaban J connectivity index is 1.97. The molecule has 1 aromatic carbocycles. The van der Waals surface area contributed by atoms with Gasteiger partial charge in [-0.1, -0.05) is 6.07 Å². The fourth-order valence-corrected chi connectivity index (χ4v) is 2.58. The van der Waals surface area contributed by atoms with E-state index in [1.54, 1.807) is 14.2 Å². The second-order valence-electron chi connectivity index (χ2n) is 5.42. The number of hydrogen-bond acceptors (Lipinski definition) is 5. The van der Waals surface area contributed by atoms with Gasteiger partial charge in [-0.15, -0.1) is 0 Å². The largest absolute Gasteiger partial charge is 0.493 e. The summed E-state index contributed by atoms with van der Waals surface area (Å²) < 4.78 is 16.1. The normalized spacial score (nSPS) is 19.5. The molecule has 0 radical (unpaired) electrons. The molecule has 5 nitrogen and oxygen atoms in total. The Bertz CT molecular complexity index is 440. The number of nitrogens with zero attached hydrogens (tertiary/aromatic N) is 1. The van der Waals surface area contributed by atoms with E-state index in [9.17, 15) is 0 Å². The third-order valence-corrected chi connectivity index (χ3v) is 3.63. The van der Waals surface area contributed by atoms with Crippen molar-refractivity contribution in [2.45, 2.75) is 19.5 Å². The monoisotopic (exact) mass is 294 g/mol. The number of rotatable bonds is 7. The van der Waals surface area contributed by atoms with Gasteiger partial charge < -0.3 is 19.5 Å². The topological polar surface area (TPSA) is 43.0 Å². The minimum Gasteiger partial charge on any atom is -0.493 e. The van der Waals surface area contributed by atoms with Crippen molar-refractivity contribution >= 4 is 0 Å². The fraction of sp³-hybridized carbons (Fsp3) is 0.625. The van der Waals surface area contributed by atoms with Gasteiger partial charge in [0, 0.05) is 39.3 Å². The van der Waals surface area contributed by atoms with Gasteiger partial charge in [0.1, 0.15) is 6.61 Å². The number of ether oxygens (including phenoxy) is 3. The average Bonchev–Trinajstić information content (AvgIpc) is 2.48. The van der Waals surface area contributed by atoms with Crippen molar-refractivity contribution in [2.24, 2.45) is 0 Å². The molecule has 2 rings (SSSR count). The number of benzene rings is 1. The SMILES string of the molecule is COCCOc1ccc(CN2CCN[C@H](C)C2)cc1OC. The van der Waals surface area contributed by atoms with Gasteiger partial charge in [-0.3, -0.25) is 4.90 Å². The van der Waals surface area contributed by atoms with Crippen LogP contribution in [0.1, 0.15) is 12.5 Å². The highest BCUT2D eigenvalue weighted by Crippen LogP contribution is 2.28. The maximum absolute atomic E-state index is 5.66. The van der Waals surface area contributed by atoms with Gasteiger partial charge in [0.2, 0.25) is 0 Å². The van der Waals surface area contributed by atoms with Gasteiger partial charge in [0.15, 0.2) is 11.5 Å². The molecule has 1 aromatic rings. The predicted molar refractivity (Wildman–Crippen MR) is 83.1 cm³/mol. The first-order valence-corrected chi connectivity index (χ1v) is 7.47. The van der Waals surface area contributed by atoms with Crippen molar-refractivity contribution in [2.75, 3.05) is 47.1 Å². The van der Waals surface area contributed by atoms with Crippen LogP contribution < -0.4 is 14.8 Å². The molecule has 1 heterocycles. The molecule has 0 bridgehead atoms. The molecule has 21 heavy (non-hydrogen) atoms.